The monoisotopic (exact) mass is 484 g/mol. The fourth-order valence-electron chi connectivity index (χ4n) is 3.20. The highest BCUT2D eigenvalue weighted by molar-refractivity contribution is 6.31. The summed E-state index contributed by atoms with van der Waals surface area (Å²) in [4.78, 5) is 40.5. The number of fused-ring (bicyclic) bond motifs is 1. The van der Waals surface area contributed by atoms with Crippen molar-refractivity contribution in [1.29, 1.82) is 0 Å². The maximum atomic E-state index is 12.6. The second-order valence-corrected chi connectivity index (χ2v) is 9.30. The smallest absolute Gasteiger partial charge is 0.429 e. The number of hydrogen-bond acceptors (Lipinski definition) is 4. The lowest BCUT2D eigenvalue weighted by Crippen LogP contribution is -2.48. The number of amides is 3. The van der Waals surface area contributed by atoms with E-state index in [0.717, 1.165) is 16.5 Å². The summed E-state index contributed by atoms with van der Waals surface area (Å²) in [5.74, 6) is -0.673. The lowest BCUT2D eigenvalue weighted by Gasteiger charge is -2.27. The number of rotatable bonds is 6. The summed E-state index contributed by atoms with van der Waals surface area (Å²) in [5, 5.41) is 5.49. The van der Waals surface area contributed by atoms with E-state index in [4.69, 9.17) is 16.3 Å². The largest absolute Gasteiger partial charge is 0.442 e. The summed E-state index contributed by atoms with van der Waals surface area (Å²) in [5.41, 5.74) is 4.40. The number of nitrogens with one attached hydrogen (secondary N) is 3. The Hall–Kier alpha value is -3.52. The van der Waals surface area contributed by atoms with Gasteiger partial charge in [0.2, 0.25) is 0 Å². The number of carbonyl (C=O) groups is 3. The van der Waals surface area contributed by atoms with Gasteiger partial charge >= 0.3 is 6.09 Å². The Morgan fingerprint density at radius 1 is 1.03 bits per heavy atom. The van der Waals surface area contributed by atoms with Crippen molar-refractivity contribution in [2.24, 2.45) is 0 Å². The number of aromatic nitrogens is 1. The molecule has 0 unspecified atom stereocenters. The molecule has 0 aliphatic carbocycles. The van der Waals surface area contributed by atoms with Crippen LogP contribution in [-0.2, 0) is 11.3 Å². The Morgan fingerprint density at radius 3 is 2.38 bits per heavy atom. The minimum absolute atomic E-state index is 0.248. The highest BCUT2D eigenvalue weighted by Gasteiger charge is 2.23. The number of aromatic amines is 1. The Bertz CT molecular complexity index is 1180. The molecule has 3 amide bonds. The van der Waals surface area contributed by atoms with Crippen molar-refractivity contribution in [3.63, 3.8) is 0 Å². The molecule has 0 fully saturated rings. The van der Waals surface area contributed by atoms with E-state index < -0.39 is 17.6 Å². The van der Waals surface area contributed by atoms with Gasteiger partial charge < -0.3 is 15.0 Å². The molecule has 0 aliphatic heterocycles. The summed E-state index contributed by atoms with van der Waals surface area (Å²) < 4.78 is 5.35. The second-order valence-electron chi connectivity index (χ2n) is 8.87. The van der Waals surface area contributed by atoms with Gasteiger partial charge in [-0.2, -0.15) is 0 Å². The predicted octanol–water partition coefficient (Wildman–Crippen LogP) is 5.04. The molecule has 2 aromatic carbocycles. The van der Waals surface area contributed by atoms with Crippen LogP contribution in [0, 0.1) is 0 Å². The molecule has 0 saturated heterocycles. The van der Waals surface area contributed by atoms with E-state index in [-0.39, 0.29) is 12.5 Å². The third kappa shape index (κ3) is 6.74. The number of benzene rings is 2. The lowest BCUT2D eigenvalue weighted by molar-refractivity contribution is 0.0133. The Labute approximate surface area is 203 Å². The maximum absolute atomic E-state index is 12.6. The molecule has 0 atom stereocenters. The quantitative estimate of drug-likeness (QED) is 0.426. The second kappa shape index (κ2) is 10.6. The van der Waals surface area contributed by atoms with Gasteiger partial charge in [0, 0.05) is 34.6 Å². The number of carbonyl (C=O) groups excluding carboxylic acids is 3. The first kappa shape index (κ1) is 25.1. The molecular weight excluding hydrogens is 456 g/mol. The fraction of sp³-hybridized carbons (Fsp3) is 0.320. The Balaban J connectivity index is 1.58. The SMILES string of the molecule is CCCN(NC(=O)c1ccc(CNC(=O)c2cc3cc(Cl)ccc3[nH]2)cc1)C(=O)OC(C)(C)C. The van der Waals surface area contributed by atoms with Gasteiger partial charge in [0.25, 0.3) is 11.8 Å². The van der Waals surface area contributed by atoms with Gasteiger partial charge in [-0.05, 0) is 69.2 Å². The van der Waals surface area contributed by atoms with Gasteiger partial charge in [-0.15, -0.1) is 0 Å². The molecule has 9 heteroatoms. The highest BCUT2D eigenvalue weighted by atomic mass is 35.5. The minimum atomic E-state index is -0.667. The van der Waals surface area contributed by atoms with Crippen molar-refractivity contribution in [2.45, 2.75) is 46.3 Å². The van der Waals surface area contributed by atoms with E-state index in [1.807, 2.05) is 13.0 Å². The molecule has 1 aromatic heterocycles. The fourth-order valence-corrected chi connectivity index (χ4v) is 3.38. The molecule has 3 N–H and O–H groups in total. The number of halogens is 1. The van der Waals surface area contributed by atoms with Crippen LogP contribution in [0.5, 0.6) is 0 Å². The molecule has 0 aliphatic rings. The van der Waals surface area contributed by atoms with Gasteiger partial charge in [-0.3, -0.25) is 15.0 Å². The summed E-state index contributed by atoms with van der Waals surface area (Å²) >= 11 is 6.00. The van der Waals surface area contributed by atoms with Crippen molar-refractivity contribution in [3.05, 3.63) is 70.4 Å². The van der Waals surface area contributed by atoms with Crippen LogP contribution in [0.25, 0.3) is 10.9 Å². The molecule has 0 bridgehead atoms. The van der Waals surface area contributed by atoms with Gasteiger partial charge in [0.05, 0.1) is 0 Å². The van der Waals surface area contributed by atoms with Crippen LogP contribution in [0.3, 0.4) is 0 Å². The van der Waals surface area contributed by atoms with Crippen molar-refractivity contribution < 1.29 is 19.1 Å². The Morgan fingerprint density at radius 2 is 1.74 bits per heavy atom. The zero-order valence-electron chi connectivity index (χ0n) is 19.7. The van der Waals surface area contributed by atoms with Gasteiger partial charge in [0.15, 0.2) is 0 Å². The summed E-state index contributed by atoms with van der Waals surface area (Å²) in [6.45, 7) is 7.81. The lowest BCUT2D eigenvalue weighted by atomic mass is 10.1. The van der Waals surface area contributed by atoms with Crippen LogP contribution < -0.4 is 10.7 Å². The number of hydrazine groups is 1. The third-order valence-electron chi connectivity index (χ3n) is 4.79. The zero-order chi connectivity index (χ0) is 24.9. The number of hydrogen-bond donors (Lipinski definition) is 3. The van der Waals surface area contributed by atoms with Crippen LogP contribution in [0.4, 0.5) is 4.79 Å². The average molecular weight is 485 g/mol. The van der Waals surface area contributed by atoms with Crippen molar-refractivity contribution >= 4 is 40.4 Å². The molecule has 180 valence electrons. The highest BCUT2D eigenvalue weighted by Crippen LogP contribution is 2.20. The molecule has 0 saturated carbocycles. The molecule has 3 rings (SSSR count). The molecule has 0 radical (unpaired) electrons. The van der Waals surface area contributed by atoms with E-state index in [2.05, 4.69) is 15.7 Å². The van der Waals surface area contributed by atoms with Crippen LogP contribution in [0.1, 0.15) is 60.5 Å². The first-order valence-electron chi connectivity index (χ1n) is 11.0. The summed E-state index contributed by atoms with van der Waals surface area (Å²) in [6.07, 6.45) is 0.0444. The van der Waals surface area contributed by atoms with Gasteiger partial charge in [-0.25, -0.2) is 9.80 Å². The molecule has 1 heterocycles. The first-order valence-corrected chi connectivity index (χ1v) is 11.4. The standard InChI is InChI=1S/C25H29ClN4O4/c1-5-12-30(24(33)34-25(2,3)4)29-22(31)17-8-6-16(7-9-17)15-27-23(32)21-14-18-13-19(26)10-11-20(18)28-21/h6-11,13-14,28H,5,12,15H2,1-4H3,(H,27,32)(H,29,31). The molecule has 3 aromatic rings. The van der Waals surface area contributed by atoms with Crippen LogP contribution in [-0.4, -0.2) is 40.0 Å². The van der Waals surface area contributed by atoms with Crippen molar-refractivity contribution in [1.82, 2.24) is 20.7 Å². The van der Waals surface area contributed by atoms with Crippen LogP contribution >= 0.6 is 11.6 Å². The normalized spacial score (nSPS) is 11.2. The number of nitrogens with zero attached hydrogens (tertiary/aromatic N) is 1. The molecule has 34 heavy (non-hydrogen) atoms. The van der Waals surface area contributed by atoms with Crippen molar-refractivity contribution in [2.75, 3.05) is 6.54 Å². The first-order chi connectivity index (χ1) is 16.1. The number of ether oxygens (including phenoxy) is 1. The van der Waals surface area contributed by atoms with Crippen molar-refractivity contribution in [3.8, 4) is 0 Å². The van der Waals surface area contributed by atoms with Gasteiger partial charge in [-0.1, -0.05) is 30.7 Å². The molecular formula is C25H29ClN4O4. The maximum Gasteiger partial charge on any atom is 0.429 e. The predicted molar refractivity (Wildman–Crippen MR) is 132 cm³/mol. The Kier molecular flexibility index (Phi) is 7.83. The third-order valence-corrected chi connectivity index (χ3v) is 5.03. The van der Waals surface area contributed by atoms with E-state index >= 15 is 0 Å². The summed E-state index contributed by atoms with van der Waals surface area (Å²) in [6, 6.07) is 13.9. The van der Waals surface area contributed by atoms with E-state index in [1.165, 1.54) is 5.01 Å². The zero-order valence-corrected chi connectivity index (χ0v) is 20.5. The average Bonchev–Trinajstić information content (AvgIpc) is 3.19. The topological polar surface area (TPSA) is 104 Å². The number of H-pyrrole nitrogens is 1. The van der Waals surface area contributed by atoms with E-state index in [1.54, 1.807) is 63.2 Å². The van der Waals surface area contributed by atoms with Gasteiger partial charge in [0.1, 0.15) is 11.3 Å². The molecule has 8 nitrogen and oxygen atoms in total. The van der Waals surface area contributed by atoms with E-state index in [9.17, 15) is 14.4 Å². The molecule has 0 spiro atoms. The summed E-state index contributed by atoms with van der Waals surface area (Å²) in [7, 11) is 0. The minimum Gasteiger partial charge on any atom is -0.442 e. The van der Waals surface area contributed by atoms with Crippen LogP contribution in [0.15, 0.2) is 48.5 Å². The van der Waals surface area contributed by atoms with Crippen LogP contribution in [0.2, 0.25) is 5.02 Å². The van der Waals surface area contributed by atoms with E-state index in [0.29, 0.717) is 29.2 Å².